The van der Waals surface area contributed by atoms with Crippen LogP contribution in [0.25, 0.3) is 139 Å². The molecule has 0 saturated carbocycles. The van der Waals surface area contributed by atoms with Gasteiger partial charge in [0.25, 0.3) is 0 Å². The summed E-state index contributed by atoms with van der Waals surface area (Å²) in [6.45, 7) is 0. The van der Waals surface area contributed by atoms with Gasteiger partial charge in [0.15, 0.2) is 0 Å². The van der Waals surface area contributed by atoms with Gasteiger partial charge in [0.1, 0.15) is 11.2 Å². The molecule has 14 rings (SSSR count). The molecule has 1 nitrogen and oxygen atoms in total. The second-order valence-corrected chi connectivity index (χ2v) is 18.4. The van der Waals surface area contributed by atoms with Crippen LogP contribution in [0.5, 0.6) is 0 Å². The Morgan fingerprint density at radius 2 is 0.902 bits per heavy atom. The number of benzene rings is 11. The molecule has 3 heteroatoms. The van der Waals surface area contributed by atoms with Crippen molar-refractivity contribution < 1.29 is 4.42 Å². The highest BCUT2D eigenvalue weighted by atomic mass is 32.1. The normalized spacial score (nSPS) is 12.3. The second-order valence-electron chi connectivity index (χ2n) is 16.2. The number of thiophene rings is 2. The zero-order valence-corrected chi connectivity index (χ0v) is 34.3. The van der Waals surface area contributed by atoms with E-state index in [2.05, 4.69) is 194 Å². The van der Waals surface area contributed by atoms with Crippen LogP contribution in [0.1, 0.15) is 0 Å². The maximum Gasteiger partial charge on any atom is 0.143 e. The smallest absolute Gasteiger partial charge is 0.143 e. The van der Waals surface area contributed by atoms with Crippen molar-refractivity contribution in [2.24, 2.45) is 0 Å². The highest BCUT2D eigenvalue weighted by Crippen LogP contribution is 2.51. The lowest BCUT2D eigenvalue weighted by molar-refractivity contribution is 0.671. The predicted octanol–water partition coefficient (Wildman–Crippen LogP) is 17.9. The number of furan rings is 1. The van der Waals surface area contributed by atoms with E-state index in [9.17, 15) is 0 Å². The first kappa shape index (κ1) is 33.5. The van der Waals surface area contributed by atoms with Crippen LogP contribution in [-0.2, 0) is 0 Å². The minimum absolute atomic E-state index is 0.932. The number of rotatable bonds is 3. The molecule has 0 saturated heterocycles. The fraction of sp³-hybridized carbons (Fsp3) is 0. The van der Waals surface area contributed by atoms with Crippen LogP contribution in [0.15, 0.2) is 199 Å². The van der Waals surface area contributed by atoms with E-state index < -0.39 is 0 Å². The van der Waals surface area contributed by atoms with Gasteiger partial charge >= 0.3 is 0 Å². The third-order valence-electron chi connectivity index (χ3n) is 13.0. The lowest BCUT2D eigenvalue weighted by Crippen LogP contribution is -1.91. The molecule has 0 spiro atoms. The molecule has 3 heterocycles. The Kier molecular flexibility index (Phi) is 6.93. The van der Waals surface area contributed by atoms with Gasteiger partial charge in [-0.05, 0) is 102 Å². The molecule has 14 aromatic rings. The van der Waals surface area contributed by atoms with E-state index in [1.165, 1.54) is 122 Å². The van der Waals surface area contributed by atoms with Crippen molar-refractivity contribution in [1.82, 2.24) is 0 Å². The molecule has 61 heavy (non-hydrogen) atoms. The number of hydrogen-bond acceptors (Lipinski definition) is 3. The topological polar surface area (TPSA) is 13.1 Å². The minimum Gasteiger partial charge on any atom is -0.455 e. The van der Waals surface area contributed by atoms with E-state index in [0.717, 1.165) is 16.7 Å². The summed E-state index contributed by atoms with van der Waals surface area (Å²) < 4.78 is 12.2. The molecule has 0 atom stereocenters. The van der Waals surface area contributed by atoms with Crippen molar-refractivity contribution in [3.63, 3.8) is 0 Å². The first-order valence-electron chi connectivity index (χ1n) is 20.8. The lowest BCUT2D eigenvalue weighted by atomic mass is 9.84. The Hall–Kier alpha value is -7.30. The largest absolute Gasteiger partial charge is 0.455 e. The first-order valence-corrected chi connectivity index (χ1v) is 22.5. The third kappa shape index (κ3) is 4.70. The lowest BCUT2D eigenvalue weighted by Gasteiger charge is -2.19. The Balaban J connectivity index is 1.03. The van der Waals surface area contributed by atoms with Crippen molar-refractivity contribution in [3.05, 3.63) is 194 Å². The maximum absolute atomic E-state index is 7.03. The molecule has 0 aliphatic heterocycles. The molecule has 282 valence electrons. The van der Waals surface area contributed by atoms with Crippen molar-refractivity contribution in [3.8, 4) is 33.4 Å². The summed E-state index contributed by atoms with van der Waals surface area (Å²) >= 11 is 3.74. The Morgan fingerprint density at radius 3 is 1.70 bits per heavy atom. The Morgan fingerprint density at radius 1 is 0.311 bits per heavy atom. The van der Waals surface area contributed by atoms with E-state index in [0.29, 0.717) is 0 Å². The summed E-state index contributed by atoms with van der Waals surface area (Å²) in [6.07, 6.45) is 0. The molecule has 0 amide bonds. The minimum atomic E-state index is 0.932. The number of hydrogen-bond donors (Lipinski definition) is 0. The second kappa shape index (κ2) is 12.6. The van der Waals surface area contributed by atoms with Crippen molar-refractivity contribution in [2.75, 3.05) is 0 Å². The van der Waals surface area contributed by atoms with Gasteiger partial charge in [-0.3, -0.25) is 0 Å². The molecule has 11 aromatic carbocycles. The van der Waals surface area contributed by atoms with Crippen LogP contribution >= 0.6 is 22.7 Å². The summed E-state index contributed by atoms with van der Waals surface area (Å²) in [5, 5.41) is 17.5. The van der Waals surface area contributed by atoms with E-state index >= 15 is 0 Å². The fourth-order valence-corrected chi connectivity index (χ4v) is 12.8. The van der Waals surface area contributed by atoms with Gasteiger partial charge in [-0.25, -0.2) is 0 Å². The summed E-state index contributed by atoms with van der Waals surface area (Å²) in [4.78, 5) is 0. The molecule has 0 unspecified atom stereocenters. The maximum atomic E-state index is 7.03. The molecule has 0 bridgehead atoms. The fourth-order valence-electron chi connectivity index (χ4n) is 10.5. The molecule has 3 aromatic heterocycles. The third-order valence-corrected chi connectivity index (χ3v) is 15.4. The molecular formula is C58H32OS2. The molecule has 0 radical (unpaired) electrons. The highest BCUT2D eigenvalue weighted by Gasteiger charge is 2.23. The predicted molar refractivity (Wildman–Crippen MR) is 266 cm³/mol. The van der Waals surface area contributed by atoms with Crippen LogP contribution in [-0.4, -0.2) is 0 Å². The zero-order chi connectivity index (χ0) is 39.8. The molecular weight excluding hydrogens is 777 g/mol. The Labute approximate surface area is 357 Å². The van der Waals surface area contributed by atoms with Crippen molar-refractivity contribution in [2.45, 2.75) is 0 Å². The number of fused-ring (bicyclic) bond motifs is 14. The van der Waals surface area contributed by atoms with Crippen LogP contribution in [0, 0.1) is 0 Å². The summed E-state index contributed by atoms with van der Waals surface area (Å²) in [6, 6.07) is 71.8. The van der Waals surface area contributed by atoms with Gasteiger partial charge in [-0.1, -0.05) is 158 Å². The summed E-state index contributed by atoms with van der Waals surface area (Å²) in [7, 11) is 0. The molecule has 0 aliphatic rings. The average molecular weight is 809 g/mol. The van der Waals surface area contributed by atoms with Crippen LogP contribution in [0.4, 0.5) is 0 Å². The van der Waals surface area contributed by atoms with Crippen LogP contribution in [0.2, 0.25) is 0 Å². The average Bonchev–Trinajstić information content (AvgIpc) is 4.01. The quantitative estimate of drug-likeness (QED) is 0.162. The van der Waals surface area contributed by atoms with Crippen LogP contribution in [0.3, 0.4) is 0 Å². The zero-order valence-electron chi connectivity index (χ0n) is 32.7. The molecule has 0 N–H and O–H groups in total. The van der Waals surface area contributed by atoms with Gasteiger partial charge < -0.3 is 4.42 Å². The van der Waals surface area contributed by atoms with Crippen molar-refractivity contribution >= 4 is 128 Å². The summed E-state index contributed by atoms with van der Waals surface area (Å²) in [5.74, 6) is 0. The van der Waals surface area contributed by atoms with E-state index in [1.54, 1.807) is 0 Å². The van der Waals surface area contributed by atoms with E-state index in [4.69, 9.17) is 4.42 Å². The van der Waals surface area contributed by atoms with Gasteiger partial charge in [0.05, 0.1) is 0 Å². The van der Waals surface area contributed by atoms with Gasteiger partial charge in [-0.15, -0.1) is 22.7 Å². The standard InChI is InChI=1S/C58H32OS2/c1-3-16-36-33(13-1)15-11-23-38(36)53-41-20-7-5-18-39(41)52(40-19-6-8-21-42(40)53)35-27-29-50-46(32-35)43-24-12-25-45(58(43)61-50)54-37-17-4-2-14-34(37)31-47-55-48(59-57(47)54)28-30-51-56(55)44-22-9-10-26-49(44)60-51/h1-32H. The Bertz CT molecular complexity index is 4120. The van der Waals surface area contributed by atoms with Gasteiger partial charge in [0.2, 0.25) is 0 Å². The van der Waals surface area contributed by atoms with E-state index in [-0.39, 0.29) is 0 Å². The summed E-state index contributed by atoms with van der Waals surface area (Å²) in [5.41, 5.74) is 9.32. The first-order chi connectivity index (χ1) is 30.3. The van der Waals surface area contributed by atoms with Gasteiger partial charge in [0, 0.05) is 62.2 Å². The van der Waals surface area contributed by atoms with E-state index in [1.807, 2.05) is 22.7 Å². The van der Waals surface area contributed by atoms with Crippen molar-refractivity contribution in [1.29, 1.82) is 0 Å². The highest BCUT2D eigenvalue weighted by molar-refractivity contribution is 7.26. The molecule has 0 fully saturated rings. The van der Waals surface area contributed by atoms with Gasteiger partial charge in [-0.2, -0.15) is 0 Å². The molecule has 0 aliphatic carbocycles. The SMILES string of the molecule is c1ccc2c(-c3c4ccccc4c(-c4ccc5sc6c(-c7c8ccccc8cc8c7oc7ccc9sc%10ccccc%10c9c78)cccc6c5c4)c4ccccc34)cccc2c1. The van der Waals surface area contributed by atoms with Crippen LogP contribution < -0.4 is 0 Å². The monoisotopic (exact) mass is 808 g/mol.